The molecule has 2 nitrogen and oxygen atoms in total. The zero-order valence-electron chi connectivity index (χ0n) is 8.40. The lowest BCUT2D eigenvalue weighted by atomic mass is 10.1. The van der Waals surface area contributed by atoms with Crippen LogP contribution in [-0.2, 0) is 4.74 Å². The molecule has 1 atom stereocenters. The minimum absolute atomic E-state index is 0.0678. The van der Waals surface area contributed by atoms with Gasteiger partial charge >= 0.3 is 0 Å². The Morgan fingerprint density at radius 2 is 2.14 bits per heavy atom. The van der Waals surface area contributed by atoms with Crippen LogP contribution in [0.4, 0.5) is 4.39 Å². The Hall–Kier alpha value is -0.930. The molecule has 1 aromatic rings. The Bertz CT molecular complexity index is 286. The molecular formula is C11H15FO2. The normalized spacial score (nSPS) is 13.2. The van der Waals surface area contributed by atoms with E-state index in [0.717, 1.165) is 0 Å². The summed E-state index contributed by atoms with van der Waals surface area (Å²) >= 11 is 0. The third kappa shape index (κ3) is 3.44. The summed E-state index contributed by atoms with van der Waals surface area (Å²) in [6.07, 6.45) is -0.689. The number of ether oxygens (including phenoxy) is 1. The fourth-order valence-electron chi connectivity index (χ4n) is 1.09. The standard InChI is InChI=1S/C11H15FO2/c1-8(2)14-7-11(13)9-4-3-5-10(12)6-9/h3-6,8,11,13H,7H2,1-2H3/t11-/m1/s1. The van der Waals surface area contributed by atoms with Gasteiger partial charge < -0.3 is 9.84 Å². The van der Waals surface area contributed by atoms with Gasteiger partial charge in [0, 0.05) is 0 Å². The summed E-state index contributed by atoms with van der Waals surface area (Å²) in [6.45, 7) is 3.97. The number of rotatable bonds is 4. The maximum Gasteiger partial charge on any atom is 0.123 e. The molecule has 1 N–H and O–H groups in total. The minimum Gasteiger partial charge on any atom is -0.386 e. The quantitative estimate of drug-likeness (QED) is 0.804. The lowest BCUT2D eigenvalue weighted by Gasteiger charge is -2.13. The van der Waals surface area contributed by atoms with E-state index in [9.17, 15) is 9.50 Å². The Kier molecular flexibility index (Phi) is 4.04. The Morgan fingerprint density at radius 3 is 2.71 bits per heavy atom. The second kappa shape index (κ2) is 5.08. The van der Waals surface area contributed by atoms with Gasteiger partial charge in [-0.2, -0.15) is 0 Å². The lowest BCUT2D eigenvalue weighted by Crippen LogP contribution is -2.11. The topological polar surface area (TPSA) is 29.5 Å². The molecule has 1 aromatic carbocycles. The fourth-order valence-corrected chi connectivity index (χ4v) is 1.09. The van der Waals surface area contributed by atoms with E-state index in [1.165, 1.54) is 12.1 Å². The third-order valence-corrected chi connectivity index (χ3v) is 1.82. The van der Waals surface area contributed by atoms with Crippen molar-refractivity contribution in [1.29, 1.82) is 0 Å². The molecule has 0 aliphatic carbocycles. The van der Waals surface area contributed by atoms with Gasteiger partial charge in [0.05, 0.1) is 12.7 Å². The first kappa shape index (κ1) is 11.1. The lowest BCUT2D eigenvalue weighted by molar-refractivity contribution is 0.00483. The molecule has 1 rings (SSSR count). The van der Waals surface area contributed by atoms with Crippen LogP contribution in [0.2, 0.25) is 0 Å². The Labute approximate surface area is 83.3 Å². The molecule has 0 aromatic heterocycles. The Balaban J connectivity index is 2.56. The zero-order chi connectivity index (χ0) is 10.6. The first-order valence-electron chi connectivity index (χ1n) is 4.64. The zero-order valence-corrected chi connectivity index (χ0v) is 8.40. The highest BCUT2D eigenvalue weighted by molar-refractivity contribution is 5.18. The van der Waals surface area contributed by atoms with E-state index in [4.69, 9.17) is 4.74 Å². The van der Waals surface area contributed by atoms with Gasteiger partial charge in [0.2, 0.25) is 0 Å². The molecule has 0 bridgehead atoms. The maximum absolute atomic E-state index is 12.8. The molecular weight excluding hydrogens is 183 g/mol. The predicted octanol–water partition coefficient (Wildman–Crippen LogP) is 2.28. The predicted molar refractivity (Wildman–Crippen MR) is 52.4 cm³/mol. The Morgan fingerprint density at radius 1 is 1.43 bits per heavy atom. The molecule has 0 aliphatic heterocycles. The molecule has 0 saturated heterocycles. The van der Waals surface area contributed by atoms with Gasteiger partial charge in [-0.25, -0.2) is 4.39 Å². The van der Waals surface area contributed by atoms with Crippen molar-refractivity contribution < 1.29 is 14.2 Å². The van der Waals surface area contributed by atoms with E-state index in [2.05, 4.69) is 0 Å². The summed E-state index contributed by atoms with van der Waals surface area (Å²) < 4.78 is 18.0. The molecule has 0 unspecified atom stereocenters. The molecule has 0 radical (unpaired) electrons. The van der Waals surface area contributed by atoms with Gasteiger partial charge in [-0.15, -0.1) is 0 Å². The number of hydrogen-bond donors (Lipinski definition) is 1. The molecule has 0 heterocycles. The van der Waals surface area contributed by atoms with Crippen LogP contribution in [0, 0.1) is 5.82 Å². The molecule has 0 saturated carbocycles. The van der Waals surface area contributed by atoms with E-state index in [1.807, 2.05) is 13.8 Å². The van der Waals surface area contributed by atoms with Crippen molar-refractivity contribution in [2.24, 2.45) is 0 Å². The van der Waals surface area contributed by atoms with Crippen LogP contribution >= 0.6 is 0 Å². The van der Waals surface area contributed by atoms with E-state index >= 15 is 0 Å². The van der Waals surface area contributed by atoms with Crippen LogP contribution in [-0.4, -0.2) is 17.8 Å². The molecule has 0 amide bonds. The summed E-state index contributed by atoms with van der Waals surface area (Å²) in [5.41, 5.74) is 0.547. The number of hydrogen-bond acceptors (Lipinski definition) is 2. The number of aliphatic hydroxyl groups excluding tert-OH is 1. The van der Waals surface area contributed by atoms with Crippen molar-refractivity contribution in [3.05, 3.63) is 35.6 Å². The molecule has 14 heavy (non-hydrogen) atoms. The highest BCUT2D eigenvalue weighted by Gasteiger charge is 2.08. The summed E-state index contributed by atoms with van der Waals surface area (Å²) in [5.74, 6) is -0.342. The van der Waals surface area contributed by atoms with Gasteiger partial charge in [0.25, 0.3) is 0 Å². The first-order valence-corrected chi connectivity index (χ1v) is 4.64. The molecule has 0 aliphatic rings. The second-order valence-electron chi connectivity index (χ2n) is 3.45. The molecule has 0 spiro atoms. The SMILES string of the molecule is CC(C)OC[C@@H](O)c1cccc(F)c1. The van der Waals surface area contributed by atoms with Gasteiger partial charge in [0.15, 0.2) is 0 Å². The van der Waals surface area contributed by atoms with Crippen molar-refractivity contribution in [1.82, 2.24) is 0 Å². The van der Waals surface area contributed by atoms with Crippen molar-refractivity contribution in [3.8, 4) is 0 Å². The third-order valence-electron chi connectivity index (χ3n) is 1.82. The van der Waals surface area contributed by atoms with Gasteiger partial charge in [-0.1, -0.05) is 12.1 Å². The second-order valence-corrected chi connectivity index (χ2v) is 3.45. The number of aliphatic hydroxyl groups is 1. The van der Waals surface area contributed by atoms with E-state index in [-0.39, 0.29) is 18.5 Å². The van der Waals surface area contributed by atoms with Crippen molar-refractivity contribution in [2.45, 2.75) is 26.1 Å². The highest BCUT2D eigenvalue weighted by Crippen LogP contribution is 2.14. The summed E-state index contributed by atoms with van der Waals surface area (Å²) in [4.78, 5) is 0. The minimum atomic E-state index is -0.756. The van der Waals surface area contributed by atoms with Crippen molar-refractivity contribution in [3.63, 3.8) is 0 Å². The van der Waals surface area contributed by atoms with Crippen LogP contribution in [0.1, 0.15) is 25.5 Å². The fraction of sp³-hybridized carbons (Fsp3) is 0.455. The van der Waals surface area contributed by atoms with Gasteiger partial charge in [-0.05, 0) is 31.5 Å². The monoisotopic (exact) mass is 198 g/mol. The molecule has 0 fully saturated rings. The number of halogens is 1. The highest BCUT2D eigenvalue weighted by atomic mass is 19.1. The molecule has 3 heteroatoms. The van der Waals surface area contributed by atoms with Crippen LogP contribution in [0.5, 0.6) is 0 Å². The van der Waals surface area contributed by atoms with Gasteiger partial charge in [0.1, 0.15) is 11.9 Å². The van der Waals surface area contributed by atoms with E-state index < -0.39 is 6.10 Å². The van der Waals surface area contributed by atoms with Crippen LogP contribution in [0.25, 0.3) is 0 Å². The van der Waals surface area contributed by atoms with Gasteiger partial charge in [-0.3, -0.25) is 0 Å². The number of benzene rings is 1. The summed E-state index contributed by atoms with van der Waals surface area (Å²) in [6, 6.07) is 5.91. The smallest absolute Gasteiger partial charge is 0.123 e. The molecule has 78 valence electrons. The maximum atomic E-state index is 12.8. The summed E-state index contributed by atoms with van der Waals surface area (Å²) in [5, 5.41) is 9.60. The van der Waals surface area contributed by atoms with Crippen LogP contribution in [0.15, 0.2) is 24.3 Å². The van der Waals surface area contributed by atoms with Crippen molar-refractivity contribution >= 4 is 0 Å². The van der Waals surface area contributed by atoms with Crippen LogP contribution in [0.3, 0.4) is 0 Å². The average molecular weight is 198 g/mol. The largest absolute Gasteiger partial charge is 0.386 e. The average Bonchev–Trinajstić information content (AvgIpc) is 2.14. The van der Waals surface area contributed by atoms with E-state index in [1.54, 1.807) is 12.1 Å². The van der Waals surface area contributed by atoms with Crippen LogP contribution < -0.4 is 0 Å². The first-order chi connectivity index (χ1) is 6.59. The van der Waals surface area contributed by atoms with Crippen molar-refractivity contribution in [2.75, 3.05) is 6.61 Å². The van der Waals surface area contributed by atoms with E-state index in [0.29, 0.717) is 5.56 Å². The summed E-state index contributed by atoms with van der Waals surface area (Å²) in [7, 11) is 0.